The highest BCUT2D eigenvalue weighted by atomic mass is 32.2. The zero-order valence-corrected chi connectivity index (χ0v) is 13.9. The van der Waals surface area contributed by atoms with Crippen molar-refractivity contribution in [3.05, 3.63) is 23.0 Å². The van der Waals surface area contributed by atoms with E-state index in [4.69, 9.17) is 0 Å². The second-order valence-electron chi connectivity index (χ2n) is 5.20. The minimum atomic E-state index is -3.61. The first kappa shape index (κ1) is 16.0. The zero-order valence-electron chi connectivity index (χ0n) is 12.3. The Labute approximate surface area is 128 Å². The lowest BCUT2D eigenvalue weighted by Crippen LogP contribution is -2.34. The molecule has 0 aromatic carbocycles. The molecule has 0 aliphatic rings. The van der Waals surface area contributed by atoms with Crippen LogP contribution in [0.4, 0.5) is 0 Å². The number of hydrogen-bond donors (Lipinski definition) is 1. The molecule has 0 saturated heterocycles. The van der Waals surface area contributed by atoms with E-state index in [1.165, 1.54) is 11.3 Å². The number of thiazole rings is 1. The highest BCUT2D eigenvalue weighted by Crippen LogP contribution is 2.21. The smallest absolute Gasteiger partial charge is 0.276 e. The van der Waals surface area contributed by atoms with E-state index in [0.29, 0.717) is 15.5 Å². The molecule has 0 aliphatic heterocycles. The summed E-state index contributed by atoms with van der Waals surface area (Å²) in [6, 6.07) is 0. The van der Waals surface area contributed by atoms with E-state index < -0.39 is 15.9 Å². The Bertz CT molecular complexity index is 746. The highest BCUT2D eigenvalue weighted by Gasteiger charge is 2.22. The molecule has 21 heavy (non-hydrogen) atoms. The van der Waals surface area contributed by atoms with Crippen LogP contribution in [0.15, 0.2) is 12.4 Å². The Balaban J connectivity index is 2.13. The van der Waals surface area contributed by atoms with Gasteiger partial charge in [0, 0.05) is 18.1 Å². The van der Waals surface area contributed by atoms with Gasteiger partial charge in [-0.25, -0.2) is 18.1 Å². The summed E-state index contributed by atoms with van der Waals surface area (Å²) in [6.07, 6.45) is 5.13. The number of carbonyl (C=O) groups is 1. The van der Waals surface area contributed by atoms with Gasteiger partial charge in [0.05, 0.1) is 5.75 Å². The Morgan fingerprint density at radius 2 is 2.24 bits per heavy atom. The summed E-state index contributed by atoms with van der Waals surface area (Å²) in [7, 11) is -3.61. The van der Waals surface area contributed by atoms with Crippen LogP contribution in [0.25, 0.3) is 4.96 Å². The summed E-state index contributed by atoms with van der Waals surface area (Å²) in [4.78, 5) is 17.3. The Morgan fingerprint density at radius 1 is 1.52 bits per heavy atom. The maximum Gasteiger partial charge on any atom is 0.276 e. The minimum Gasteiger partial charge on any atom is -0.294 e. The van der Waals surface area contributed by atoms with Crippen LogP contribution in [-0.4, -0.2) is 29.5 Å². The lowest BCUT2D eigenvalue weighted by Gasteiger charge is -2.11. The molecule has 2 aromatic heterocycles. The van der Waals surface area contributed by atoms with Gasteiger partial charge in [-0.05, 0) is 19.3 Å². The van der Waals surface area contributed by atoms with E-state index in [-0.39, 0.29) is 11.7 Å². The molecule has 0 saturated carbocycles. The average Bonchev–Trinajstić information content (AvgIpc) is 2.91. The van der Waals surface area contributed by atoms with Crippen LogP contribution in [0.2, 0.25) is 0 Å². The zero-order chi connectivity index (χ0) is 15.6. The summed E-state index contributed by atoms with van der Waals surface area (Å²) in [5.41, 5.74) is 0.696. The van der Waals surface area contributed by atoms with E-state index in [9.17, 15) is 13.2 Å². The van der Waals surface area contributed by atoms with E-state index in [0.717, 1.165) is 12.8 Å². The van der Waals surface area contributed by atoms with Gasteiger partial charge in [0.25, 0.3) is 5.91 Å². The number of aromatic nitrogens is 2. The molecule has 0 aliphatic carbocycles. The van der Waals surface area contributed by atoms with Gasteiger partial charge < -0.3 is 0 Å². The average molecular weight is 329 g/mol. The molecule has 0 radical (unpaired) electrons. The topological polar surface area (TPSA) is 80.5 Å². The van der Waals surface area contributed by atoms with Gasteiger partial charge in [-0.15, -0.1) is 0 Å². The maximum atomic E-state index is 12.2. The number of imidazole rings is 1. The van der Waals surface area contributed by atoms with Crippen LogP contribution in [0, 0.1) is 12.8 Å². The Hall–Kier alpha value is -1.41. The molecule has 6 nitrogen and oxygen atoms in total. The van der Waals surface area contributed by atoms with Crippen molar-refractivity contribution in [3.8, 4) is 0 Å². The summed E-state index contributed by atoms with van der Waals surface area (Å²) in [5.74, 6) is -0.581. The third-order valence-electron chi connectivity index (χ3n) is 3.23. The minimum absolute atomic E-state index is 0.0297. The van der Waals surface area contributed by atoms with Gasteiger partial charge in [-0.1, -0.05) is 31.6 Å². The Morgan fingerprint density at radius 3 is 2.86 bits per heavy atom. The number of aryl methyl sites for hydroxylation is 1. The largest absolute Gasteiger partial charge is 0.294 e. The van der Waals surface area contributed by atoms with Crippen molar-refractivity contribution in [3.63, 3.8) is 0 Å². The van der Waals surface area contributed by atoms with E-state index in [1.54, 1.807) is 23.7 Å². The number of sulfonamides is 1. The Kier molecular flexibility index (Phi) is 4.67. The predicted molar refractivity (Wildman–Crippen MR) is 83.1 cm³/mol. The van der Waals surface area contributed by atoms with Crippen molar-refractivity contribution in [1.29, 1.82) is 0 Å². The highest BCUT2D eigenvalue weighted by molar-refractivity contribution is 7.90. The number of nitrogens with one attached hydrogen (secondary N) is 1. The van der Waals surface area contributed by atoms with Crippen LogP contribution in [0.3, 0.4) is 0 Å². The van der Waals surface area contributed by atoms with Gasteiger partial charge in [-0.3, -0.25) is 9.20 Å². The van der Waals surface area contributed by atoms with Gasteiger partial charge in [0.2, 0.25) is 10.0 Å². The number of fused-ring (bicyclic) bond motifs is 1. The van der Waals surface area contributed by atoms with Crippen molar-refractivity contribution < 1.29 is 13.2 Å². The number of carbonyl (C=O) groups excluding carboxylic acids is 1. The number of hydrogen-bond acceptors (Lipinski definition) is 5. The molecule has 116 valence electrons. The first-order valence-corrected chi connectivity index (χ1v) is 9.28. The van der Waals surface area contributed by atoms with Crippen LogP contribution in [0.1, 0.15) is 42.1 Å². The SMILES string of the molecule is CCC[C@@H](C)CS(=O)(=O)NC(=O)c1sc2nccn2c1C. The number of nitrogens with zero attached hydrogens (tertiary/aromatic N) is 2. The van der Waals surface area contributed by atoms with E-state index in [1.807, 2.05) is 13.8 Å². The third-order valence-corrected chi connectivity index (χ3v) is 5.90. The van der Waals surface area contributed by atoms with Crippen molar-refractivity contribution >= 4 is 32.2 Å². The van der Waals surface area contributed by atoms with Crippen LogP contribution >= 0.6 is 11.3 Å². The monoisotopic (exact) mass is 329 g/mol. The molecule has 0 bridgehead atoms. The molecule has 1 amide bonds. The fraction of sp³-hybridized carbons (Fsp3) is 0.538. The molecule has 0 spiro atoms. The molecule has 2 aromatic rings. The molecular weight excluding hydrogens is 310 g/mol. The second-order valence-corrected chi connectivity index (χ2v) is 7.95. The molecule has 8 heteroatoms. The van der Waals surface area contributed by atoms with E-state index >= 15 is 0 Å². The molecule has 2 heterocycles. The summed E-state index contributed by atoms with van der Waals surface area (Å²) < 4.78 is 28.0. The molecule has 1 atom stereocenters. The fourth-order valence-corrected chi connectivity index (χ4v) is 4.72. The van der Waals surface area contributed by atoms with Crippen molar-refractivity contribution in [2.45, 2.75) is 33.6 Å². The third kappa shape index (κ3) is 3.62. The first-order valence-electron chi connectivity index (χ1n) is 6.81. The van der Waals surface area contributed by atoms with Gasteiger partial charge in [0.1, 0.15) is 4.88 Å². The van der Waals surface area contributed by atoms with E-state index in [2.05, 4.69) is 9.71 Å². The van der Waals surface area contributed by atoms with Crippen LogP contribution in [0.5, 0.6) is 0 Å². The second kappa shape index (κ2) is 6.15. The fourth-order valence-electron chi connectivity index (χ4n) is 2.29. The quantitative estimate of drug-likeness (QED) is 0.881. The van der Waals surface area contributed by atoms with Crippen molar-refractivity contribution in [2.24, 2.45) is 5.92 Å². The summed E-state index contributed by atoms with van der Waals surface area (Å²) >= 11 is 1.18. The maximum absolute atomic E-state index is 12.2. The number of amides is 1. The first-order chi connectivity index (χ1) is 9.84. The van der Waals surface area contributed by atoms with Crippen molar-refractivity contribution in [2.75, 3.05) is 5.75 Å². The molecular formula is C13H19N3O3S2. The molecule has 2 rings (SSSR count). The van der Waals surface area contributed by atoms with Gasteiger partial charge in [-0.2, -0.15) is 0 Å². The standard InChI is InChI=1S/C13H19N3O3S2/c1-4-5-9(2)8-21(18,19)15-12(17)11-10(3)16-7-6-14-13(16)20-11/h6-7,9H,4-5,8H2,1-3H3,(H,15,17)/t9-/m1/s1. The van der Waals surface area contributed by atoms with Crippen LogP contribution in [-0.2, 0) is 10.0 Å². The lowest BCUT2D eigenvalue weighted by molar-refractivity contribution is 0.0984. The molecule has 0 fully saturated rings. The molecule has 0 unspecified atom stereocenters. The summed E-state index contributed by atoms with van der Waals surface area (Å²) in [6.45, 7) is 5.65. The number of rotatable bonds is 6. The summed E-state index contributed by atoms with van der Waals surface area (Å²) in [5, 5.41) is 0. The predicted octanol–water partition coefficient (Wildman–Crippen LogP) is 2.20. The lowest BCUT2D eigenvalue weighted by atomic mass is 10.1. The molecule has 1 N–H and O–H groups in total. The normalized spacial score (nSPS) is 13.5. The van der Waals surface area contributed by atoms with Gasteiger partial charge in [0.15, 0.2) is 4.96 Å². The van der Waals surface area contributed by atoms with Crippen LogP contribution < -0.4 is 4.72 Å². The van der Waals surface area contributed by atoms with Gasteiger partial charge >= 0.3 is 0 Å². The van der Waals surface area contributed by atoms with Crippen molar-refractivity contribution in [1.82, 2.24) is 14.1 Å².